The number of rotatable bonds is 3. The number of hydrogen-bond donors (Lipinski definition) is 0. The smallest absolute Gasteiger partial charge is 0.306 e. The quantitative estimate of drug-likeness (QED) is 0.760. The summed E-state index contributed by atoms with van der Waals surface area (Å²) in [6.45, 7) is 2.20. The highest BCUT2D eigenvalue weighted by molar-refractivity contribution is 7.10. The largest absolute Gasteiger partial charge is 0.466 e. The van der Waals surface area contributed by atoms with Crippen molar-refractivity contribution in [1.82, 2.24) is 0 Å². The van der Waals surface area contributed by atoms with Gasteiger partial charge >= 0.3 is 5.97 Å². The molecule has 0 radical (unpaired) electrons. The van der Waals surface area contributed by atoms with Crippen molar-refractivity contribution in [3.05, 3.63) is 21.9 Å². The van der Waals surface area contributed by atoms with E-state index in [2.05, 4.69) is 0 Å². The summed E-state index contributed by atoms with van der Waals surface area (Å²) in [4.78, 5) is 24.2. The molecule has 0 fully saturated rings. The Morgan fingerprint density at radius 2 is 2.38 bits per heavy atom. The van der Waals surface area contributed by atoms with Crippen LogP contribution in [0.25, 0.3) is 0 Å². The highest BCUT2D eigenvalue weighted by Gasteiger charge is 2.27. The summed E-state index contributed by atoms with van der Waals surface area (Å²) in [5.41, 5.74) is 0.852. The molecule has 0 aliphatic heterocycles. The van der Waals surface area contributed by atoms with Crippen LogP contribution in [0.5, 0.6) is 0 Å². The number of thiophene rings is 1. The van der Waals surface area contributed by atoms with Crippen LogP contribution in [0.2, 0.25) is 0 Å². The van der Waals surface area contributed by atoms with Gasteiger partial charge in [-0.25, -0.2) is 0 Å². The molecule has 1 atom stereocenters. The Hall–Kier alpha value is -1.16. The number of fused-ring (bicyclic) bond motifs is 1. The van der Waals surface area contributed by atoms with Crippen LogP contribution in [0, 0.1) is 5.92 Å². The van der Waals surface area contributed by atoms with Gasteiger partial charge in [-0.1, -0.05) is 0 Å². The Kier molecular flexibility index (Phi) is 3.39. The number of ketones is 1. The maximum atomic E-state index is 11.8. The lowest BCUT2D eigenvalue weighted by atomic mass is 9.86. The lowest BCUT2D eigenvalue weighted by Gasteiger charge is -2.19. The van der Waals surface area contributed by atoms with E-state index in [1.807, 2.05) is 11.4 Å². The van der Waals surface area contributed by atoms with Crippen molar-refractivity contribution in [2.24, 2.45) is 5.92 Å². The molecule has 0 N–H and O–H groups in total. The summed E-state index contributed by atoms with van der Waals surface area (Å²) in [5, 5.41) is 1.94. The molecule has 1 heterocycles. The van der Waals surface area contributed by atoms with Gasteiger partial charge in [-0.2, -0.15) is 0 Å². The van der Waals surface area contributed by atoms with E-state index >= 15 is 0 Å². The average Bonchev–Trinajstić information content (AvgIpc) is 2.66. The third-order valence-electron chi connectivity index (χ3n) is 2.75. The average molecular weight is 238 g/mol. The molecule has 2 rings (SSSR count). The SMILES string of the molecule is CCOC(=O)CC1CC(=O)c2ccsc2C1. The first-order valence-electron chi connectivity index (χ1n) is 5.46. The lowest BCUT2D eigenvalue weighted by Crippen LogP contribution is -2.21. The Morgan fingerprint density at radius 1 is 1.56 bits per heavy atom. The topological polar surface area (TPSA) is 43.4 Å². The van der Waals surface area contributed by atoms with Gasteiger partial charge < -0.3 is 4.74 Å². The molecule has 0 aromatic carbocycles. The van der Waals surface area contributed by atoms with Crippen molar-refractivity contribution in [2.45, 2.75) is 26.2 Å². The molecule has 86 valence electrons. The Bertz CT molecular complexity index is 408. The third kappa shape index (κ3) is 2.32. The molecule has 1 aromatic rings. The van der Waals surface area contributed by atoms with E-state index in [9.17, 15) is 9.59 Å². The van der Waals surface area contributed by atoms with Crippen molar-refractivity contribution in [2.75, 3.05) is 6.61 Å². The van der Waals surface area contributed by atoms with E-state index in [-0.39, 0.29) is 17.7 Å². The standard InChI is InChI=1S/C12H14O3S/c1-2-15-12(14)7-8-5-10(13)9-3-4-16-11(9)6-8/h3-4,8H,2,5-7H2,1H3. The number of carbonyl (C=O) groups excluding carboxylic acids is 2. The minimum absolute atomic E-state index is 0.123. The zero-order valence-electron chi connectivity index (χ0n) is 9.19. The van der Waals surface area contributed by atoms with Gasteiger partial charge in [-0.3, -0.25) is 9.59 Å². The van der Waals surface area contributed by atoms with Crippen LogP contribution >= 0.6 is 11.3 Å². The Morgan fingerprint density at radius 3 is 3.12 bits per heavy atom. The van der Waals surface area contributed by atoms with E-state index in [0.29, 0.717) is 19.4 Å². The molecule has 4 heteroatoms. The fraction of sp³-hybridized carbons (Fsp3) is 0.500. The van der Waals surface area contributed by atoms with Crippen LogP contribution in [0.4, 0.5) is 0 Å². The number of Topliss-reactive ketones (excluding diaryl/α,β-unsaturated/α-hetero) is 1. The van der Waals surface area contributed by atoms with Crippen molar-refractivity contribution in [3.63, 3.8) is 0 Å². The second-order valence-corrected chi connectivity index (χ2v) is 4.96. The molecule has 1 unspecified atom stereocenters. The molecule has 3 nitrogen and oxygen atoms in total. The van der Waals surface area contributed by atoms with E-state index in [4.69, 9.17) is 4.74 Å². The van der Waals surface area contributed by atoms with E-state index in [1.165, 1.54) is 0 Å². The summed E-state index contributed by atoms with van der Waals surface area (Å²) in [6, 6.07) is 1.88. The first-order valence-corrected chi connectivity index (χ1v) is 6.34. The van der Waals surface area contributed by atoms with Crippen molar-refractivity contribution in [1.29, 1.82) is 0 Å². The Labute approximate surface area is 98.4 Å². The number of esters is 1. The molecular weight excluding hydrogens is 224 g/mol. The maximum absolute atomic E-state index is 11.8. The van der Waals surface area contributed by atoms with Crippen LogP contribution in [-0.4, -0.2) is 18.4 Å². The summed E-state index contributed by atoms with van der Waals surface area (Å²) in [6.07, 6.45) is 1.66. The van der Waals surface area contributed by atoms with Gasteiger partial charge in [-0.15, -0.1) is 11.3 Å². The summed E-state index contributed by atoms with van der Waals surface area (Å²) in [7, 11) is 0. The molecule has 1 aromatic heterocycles. The van der Waals surface area contributed by atoms with Crippen molar-refractivity contribution >= 4 is 23.1 Å². The van der Waals surface area contributed by atoms with E-state index < -0.39 is 0 Å². The predicted octanol–water partition coefficient (Wildman–Crippen LogP) is 2.45. The zero-order chi connectivity index (χ0) is 11.5. The van der Waals surface area contributed by atoms with Gasteiger partial charge in [0.15, 0.2) is 5.78 Å². The molecule has 0 saturated carbocycles. The van der Waals surface area contributed by atoms with E-state index in [1.54, 1.807) is 18.3 Å². The third-order valence-corrected chi connectivity index (χ3v) is 3.70. The monoisotopic (exact) mass is 238 g/mol. The fourth-order valence-corrected chi connectivity index (χ4v) is 3.06. The van der Waals surface area contributed by atoms with Crippen LogP contribution < -0.4 is 0 Å². The second kappa shape index (κ2) is 4.78. The number of hydrogen-bond acceptors (Lipinski definition) is 4. The van der Waals surface area contributed by atoms with Crippen molar-refractivity contribution < 1.29 is 14.3 Å². The van der Waals surface area contributed by atoms with Crippen molar-refractivity contribution in [3.8, 4) is 0 Å². The minimum atomic E-state index is -0.194. The van der Waals surface area contributed by atoms with Crippen LogP contribution in [0.1, 0.15) is 35.0 Å². The minimum Gasteiger partial charge on any atom is -0.466 e. The molecule has 0 spiro atoms. The molecule has 0 amide bonds. The van der Waals surface area contributed by atoms with Crippen LogP contribution in [-0.2, 0) is 16.0 Å². The number of ether oxygens (including phenoxy) is 1. The molecular formula is C12H14O3S. The maximum Gasteiger partial charge on any atom is 0.306 e. The highest BCUT2D eigenvalue weighted by atomic mass is 32.1. The molecule has 1 aliphatic rings. The fourth-order valence-electron chi connectivity index (χ4n) is 2.05. The summed E-state index contributed by atoms with van der Waals surface area (Å²) >= 11 is 1.60. The van der Waals surface area contributed by atoms with E-state index in [0.717, 1.165) is 16.9 Å². The molecule has 1 aliphatic carbocycles. The molecule has 0 bridgehead atoms. The summed E-state index contributed by atoms with van der Waals surface area (Å²) < 4.78 is 4.90. The highest BCUT2D eigenvalue weighted by Crippen LogP contribution is 2.31. The molecule has 16 heavy (non-hydrogen) atoms. The lowest BCUT2D eigenvalue weighted by molar-refractivity contribution is -0.144. The second-order valence-electron chi connectivity index (χ2n) is 3.96. The first-order chi connectivity index (χ1) is 7.70. The Balaban J connectivity index is 2.01. The van der Waals surface area contributed by atoms with Gasteiger partial charge in [0, 0.05) is 23.3 Å². The normalized spacial score (nSPS) is 19.3. The van der Waals surface area contributed by atoms with Gasteiger partial charge in [0.1, 0.15) is 0 Å². The van der Waals surface area contributed by atoms with Crippen LogP contribution in [0.15, 0.2) is 11.4 Å². The number of carbonyl (C=O) groups is 2. The first kappa shape index (κ1) is 11.3. The van der Waals surface area contributed by atoms with Gasteiger partial charge in [-0.05, 0) is 30.7 Å². The predicted molar refractivity (Wildman–Crippen MR) is 61.7 cm³/mol. The zero-order valence-corrected chi connectivity index (χ0v) is 10.0. The summed E-state index contributed by atoms with van der Waals surface area (Å²) in [5.74, 6) is 0.0924. The van der Waals surface area contributed by atoms with Gasteiger partial charge in [0.25, 0.3) is 0 Å². The van der Waals surface area contributed by atoms with Crippen LogP contribution in [0.3, 0.4) is 0 Å². The van der Waals surface area contributed by atoms with Gasteiger partial charge in [0.2, 0.25) is 0 Å². The molecule has 0 saturated heterocycles. The van der Waals surface area contributed by atoms with Gasteiger partial charge in [0.05, 0.1) is 6.61 Å².